The highest BCUT2D eigenvalue weighted by atomic mass is 32.2. The summed E-state index contributed by atoms with van der Waals surface area (Å²) in [5.74, 6) is 1.56. The number of nitrogens with one attached hydrogen (secondary N) is 1. The number of rotatable bonds is 8. The van der Waals surface area contributed by atoms with E-state index >= 15 is 0 Å². The largest absolute Gasteiger partial charge is 0.493 e. The average Bonchev–Trinajstić information content (AvgIpc) is 3.35. The summed E-state index contributed by atoms with van der Waals surface area (Å²) in [6.07, 6.45) is 1.66. The number of carbonyl (C=O) groups is 1. The number of aliphatic imine (C=N–C) groups is 1. The monoisotopic (exact) mass is 525 g/mol. The molecule has 0 unspecified atom stereocenters. The lowest BCUT2D eigenvalue weighted by atomic mass is 10.1. The van der Waals surface area contributed by atoms with Gasteiger partial charge in [-0.25, -0.2) is 0 Å². The van der Waals surface area contributed by atoms with Crippen LogP contribution in [0.15, 0.2) is 82.7 Å². The van der Waals surface area contributed by atoms with E-state index in [9.17, 15) is 4.79 Å². The Bertz CT molecular complexity index is 1490. The Kier molecular flexibility index (Phi) is 7.33. The van der Waals surface area contributed by atoms with Gasteiger partial charge in [-0.1, -0.05) is 65.9 Å². The van der Waals surface area contributed by atoms with Gasteiger partial charge in [0.25, 0.3) is 5.91 Å². The Morgan fingerprint density at radius 3 is 2.42 bits per heavy atom. The molecule has 192 valence electrons. The maximum Gasteiger partial charge on any atom is 0.283 e. The Balaban J connectivity index is 1.30. The number of thioether (sulfide) groups is 1. The third-order valence-corrected chi connectivity index (χ3v) is 6.94. The minimum absolute atomic E-state index is 0.0861. The molecule has 38 heavy (non-hydrogen) atoms. The van der Waals surface area contributed by atoms with Crippen molar-refractivity contribution in [3.8, 4) is 17.2 Å². The highest BCUT2D eigenvalue weighted by molar-refractivity contribution is 8.17. The molecule has 0 fully saturated rings. The fourth-order valence-electron chi connectivity index (χ4n) is 4.24. The zero-order valence-electron chi connectivity index (χ0n) is 21.4. The number of hydrogen-bond donors (Lipinski definition) is 1. The summed E-state index contributed by atoms with van der Waals surface area (Å²) in [4.78, 5) is 18.8. The van der Waals surface area contributed by atoms with Gasteiger partial charge in [-0.3, -0.25) is 15.1 Å². The van der Waals surface area contributed by atoms with Gasteiger partial charge in [0.1, 0.15) is 24.8 Å². The van der Waals surface area contributed by atoms with Gasteiger partial charge in [-0.05, 0) is 54.8 Å². The number of carbonyl (C=O) groups excluding carboxylic acids is 1. The van der Waals surface area contributed by atoms with Crippen LogP contribution in [0.4, 0.5) is 0 Å². The van der Waals surface area contributed by atoms with Gasteiger partial charge in [0.05, 0.1) is 18.4 Å². The zero-order valence-corrected chi connectivity index (χ0v) is 22.2. The van der Waals surface area contributed by atoms with Gasteiger partial charge in [0, 0.05) is 5.41 Å². The first-order valence-corrected chi connectivity index (χ1v) is 13.0. The summed E-state index contributed by atoms with van der Waals surface area (Å²) in [5.41, 5.74) is 4.95. The third-order valence-electron chi connectivity index (χ3n) is 6.11. The number of amidine groups is 2. The van der Waals surface area contributed by atoms with Crippen molar-refractivity contribution in [3.63, 3.8) is 0 Å². The second-order valence-electron chi connectivity index (χ2n) is 8.80. The van der Waals surface area contributed by atoms with Gasteiger partial charge >= 0.3 is 0 Å². The summed E-state index contributed by atoms with van der Waals surface area (Å²) in [6.45, 7) is 4.79. The number of amides is 1. The first kappa shape index (κ1) is 25.4. The van der Waals surface area contributed by atoms with Crippen LogP contribution in [0.3, 0.4) is 0 Å². The van der Waals surface area contributed by atoms with Gasteiger partial charge in [-0.2, -0.15) is 4.99 Å². The maximum atomic E-state index is 12.8. The van der Waals surface area contributed by atoms with Gasteiger partial charge in [0.2, 0.25) is 0 Å². The highest BCUT2D eigenvalue weighted by Gasteiger charge is 2.36. The van der Waals surface area contributed by atoms with Crippen LogP contribution in [0, 0.1) is 19.3 Å². The van der Waals surface area contributed by atoms with Crippen LogP contribution in [0.2, 0.25) is 0 Å². The molecule has 5 rings (SSSR count). The fourth-order valence-corrected chi connectivity index (χ4v) is 5.13. The third kappa shape index (κ3) is 5.21. The fraction of sp³-hybridized carbons (Fsp3) is 0.167. The Labute approximate surface area is 225 Å². The van der Waals surface area contributed by atoms with E-state index in [-0.39, 0.29) is 11.4 Å². The predicted octanol–water partition coefficient (Wildman–Crippen LogP) is 6.07. The molecule has 0 saturated heterocycles. The molecule has 0 radical (unpaired) electrons. The highest BCUT2D eigenvalue weighted by Crippen LogP contribution is 2.37. The van der Waals surface area contributed by atoms with E-state index in [0.717, 1.165) is 22.6 Å². The first-order chi connectivity index (χ1) is 18.4. The molecule has 0 aromatic heterocycles. The summed E-state index contributed by atoms with van der Waals surface area (Å²) >= 11 is 1.34. The predicted molar refractivity (Wildman–Crippen MR) is 152 cm³/mol. The van der Waals surface area contributed by atoms with Gasteiger partial charge in [0.15, 0.2) is 16.7 Å². The van der Waals surface area contributed by atoms with E-state index in [1.807, 2.05) is 67.8 Å². The van der Waals surface area contributed by atoms with Crippen molar-refractivity contribution in [1.29, 1.82) is 5.41 Å². The summed E-state index contributed by atoms with van der Waals surface area (Å²) in [6, 6.07) is 21.2. The molecule has 0 aliphatic carbocycles. The molecule has 0 atom stereocenters. The van der Waals surface area contributed by atoms with E-state index in [2.05, 4.69) is 11.1 Å². The van der Waals surface area contributed by atoms with E-state index < -0.39 is 5.91 Å². The van der Waals surface area contributed by atoms with E-state index in [0.29, 0.717) is 35.4 Å². The number of fused-ring (bicyclic) bond motifs is 1. The van der Waals surface area contributed by atoms with E-state index in [1.165, 1.54) is 17.3 Å². The number of methoxy groups -OCH3 is 1. The second-order valence-corrected chi connectivity index (χ2v) is 9.64. The quantitative estimate of drug-likeness (QED) is 0.284. The maximum absolute atomic E-state index is 12.8. The van der Waals surface area contributed by atoms with Crippen molar-refractivity contribution in [2.75, 3.05) is 20.3 Å². The molecule has 1 N–H and O–H groups in total. The first-order valence-electron chi connectivity index (χ1n) is 12.1. The van der Waals surface area contributed by atoms with Crippen LogP contribution < -0.4 is 14.2 Å². The standard InChI is InChI=1S/C30H27N3O4S/c1-19-9-11-25(20(2)15-19)36-13-14-37-26-12-10-21(17-27(26)35-3)16-23-28(31)33-24(22-7-5-4-6-8-22)18-38-30(33)32-29(23)34/h4-12,15-18,31H,13-14H2,1-3H3. The second kappa shape index (κ2) is 11.0. The van der Waals surface area contributed by atoms with Crippen molar-refractivity contribution in [1.82, 2.24) is 4.90 Å². The molecule has 3 aromatic carbocycles. The molecule has 0 saturated carbocycles. The lowest BCUT2D eigenvalue weighted by Crippen LogP contribution is -2.38. The molecular formula is C30H27N3O4S. The van der Waals surface area contributed by atoms with Crippen molar-refractivity contribution >= 4 is 40.4 Å². The lowest BCUT2D eigenvalue weighted by molar-refractivity contribution is -0.114. The number of ether oxygens (including phenoxy) is 3. The SMILES string of the molecule is COc1cc(C=C2C(=N)N3C(c4ccccc4)=CSC3=NC2=O)ccc1OCCOc1ccc(C)cc1C. The molecule has 2 aliphatic rings. The number of benzene rings is 3. The molecule has 8 heteroatoms. The summed E-state index contributed by atoms with van der Waals surface area (Å²) < 4.78 is 17.3. The van der Waals surface area contributed by atoms with E-state index in [1.54, 1.807) is 30.2 Å². The van der Waals surface area contributed by atoms with Crippen LogP contribution >= 0.6 is 11.8 Å². The number of nitrogens with zero attached hydrogens (tertiary/aromatic N) is 2. The van der Waals surface area contributed by atoms with Crippen LogP contribution in [-0.4, -0.2) is 42.1 Å². The normalized spacial score (nSPS) is 15.8. The van der Waals surface area contributed by atoms with Crippen molar-refractivity contribution < 1.29 is 19.0 Å². The van der Waals surface area contributed by atoms with Gasteiger partial charge in [-0.15, -0.1) is 0 Å². The minimum atomic E-state index is -0.445. The summed E-state index contributed by atoms with van der Waals surface area (Å²) in [5, 5.41) is 11.2. The molecule has 2 aliphatic heterocycles. The molecule has 3 aromatic rings. The van der Waals surface area contributed by atoms with Crippen LogP contribution in [0.25, 0.3) is 11.8 Å². The van der Waals surface area contributed by atoms with Crippen molar-refractivity contribution in [3.05, 3.63) is 100.0 Å². The number of aryl methyl sites for hydroxylation is 2. The van der Waals surface area contributed by atoms with Crippen LogP contribution in [0.5, 0.6) is 17.2 Å². The lowest BCUT2D eigenvalue weighted by Gasteiger charge is -2.27. The van der Waals surface area contributed by atoms with Crippen molar-refractivity contribution in [2.45, 2.75) is 13.8 Å². The molecule has 0 spiro atoms. The minimum Gasteiger partial charge on any atom is -0.493 e. The Morgan fingerprint density at radius 2 is 1.68 bits per heavy atom. The summed E-state index contributed by atoms with van der Waals surface area (Å²) in [7, 11) is 1.56. The Hall–Kier alpha value is -4.30. The number of hydrogen-bond acceptors (Lipinski definition) is 6. The van der Waals surface area contributed by atoms with E-state index in [4.69, 9.17) is 19.6 Å². The van der Waals surface area contributed by atoms with Crippen LogP contribution in [0.1, 0.15) is 22.3 Å². The smallest absolute Gasteiger partial charge is 0.283 e. The zero-order chi connectivity index (χ0) is 26.6. The average molecular weight is 526 g/mol. The Morgan fingerprint density at radius 1 is 0.947 bits per heavy atom. The molecular weight excluding hydrogens is 498 g/mol. The molecule has 2 heterocycles. The molecule has 0 bridgehead atoms. The molecule has 7 nitrogen and oxygen atoms in total. The molecule has 1 amide bonds. The van der Waals surface area contributed by atoms with Gasteiger partial charge < -0.3 is 14.2 Å². The van der Waals surface area contributed by atoms with Crippen LogP contribution in [-0.2, 0) is 4.79 Å². The topological polar surface area (TPSA) is 84.2 Å². The van der Waals surface area contributed by atoms with Crippen molar-refractivity contribution in [2.24, 2.45) is 4.99 Å².